The van der Waals surface area contributed by atoms with Gasteiger partial charge in [-0.1, -0.05) is 19.8 Å². The van der Waals surface area contributed by atoms with Crippen molar-refractivity contribution in [3.8, 4) is 0 Å². The monoisotopic (exact) mass is 235 g/mol. The first kappa shape index (κ1) is 12.0. The largest absolute Gasteiger partial charge is 0.327 e. The summed E-state index contributed by atoms with van der Waals surface area (Å²) in [6.45, 7) is 3.47. The lowest BCUT2D eigenvalue weighted by Gasteiger charge is -2.07. The molecule has 0 fully saturated rings. The number of hydrogen-bond acceptors (Lipinski definition) is 2. The highest BCUT2D eigenvalue weighted by Crippen LogP contribution is 2.18. The van der Waals surface area contributed by atoms with E-state index >= 15 is 0 Å². The number of unbranched alkanes of at least 4 members (excludes halogenated alkanes) is 2. The van der Waals surface area contributed by atoms with Crippen LogP contribution in [0.25, 0.3) is 11.0 Å². The zero-order valence-electron chi connectivity index (χ0n) is 10.1. The molecule has 2 aromatic rings. The SMILES string of the molecule is CCCCCn1c(CN)nc2cc(F)ccc21. The highest BCUT2D eigenvalue weighted by atomic mass is 19.1. The van der Waals surface area contributed by atoms with E-state index in [-0.39, 0.29) is 5.82 Å². The molecule has 0 aliphatic carbocycles. The molecule has 1 heterocycles. The average molecular weight is 235 g/mol. The second-order valence-electron chi connectivity index (χ2n) is 4.22. The fourth-order valence-electron chi connectivity index (χ4n) is 2.08. The van der Waals surface area contributed by atoms with Crippen LogP contribution in [-0.2, 0) is 13.1 Å². The van der Waals surface area contributed by atoms with Crippen molar-refractivity contribution in [3.63, 3.8) is 0 Å². The fourth-order valence-corrected chi connectivity index (χ4v) is 2.08. The number of imidazole rings is 1. The van der Waals surface area contributed by atoms with Gasteiger partial charge in [-0.25, -0.2) is 9.37 Å². The quantitative estimate of drug-likeness (QED) is 0.810. The maximum Gasteiger partial charge on any atom is 0.125 e. The number of hydrogen-bond donors (Lipinski definition) is 1. The molecule has 0 radical (unpaired) electrons. The zero-order chi connectivity index (χ0) is 12.3. The third-order valence-electron chi connectivity index (χ3n) is 2.96. The molecule has 0 saturated heterocycles. The average Bonchev–Trinajstić information content (AvgIpc) is 2.67. The van der Waals surface area contributed by atoms with Gasteiger partial charge in [-0.3, -0.25) is 0 Å². The summed E-state index contributed by atoms with van der Waals surface area (Å²) >= 11 is 0. The number of rotatable bonds is 5. The van der Waals surface area contributed by atoms with E-state index in [9.17, 15) is 4.39 Å². The van der Waals surface area contributed by atoms with Gasteiger partial charge in [0.05, 0.1) is 17.6 Å². The van der Waals surface area contributed by atoms with Gasteiger partial charge in [-0.15, -0.1) is 0 Å². The second kappa shape index (κ2) is 5.27. The molecule has 4 heteroatoms. The van der Waals surface area contributed by atoms with E-state index in [2.05, 4.69) is 16.5 Å². The minimum atomic E-state index is -0.251. The molecule has 2 N–H and O–H groups in total. The van der Waals surface area contributed by atoms with Gasteiger partial charge < -0.3 is 10.3 Å². The molecule has 0 aliphatic heterocycles. The number of benzene rings is 1. The third kappa shape index (κ3) is 2.47. The molecule has 17 heavy (non-hydrogen) atoms. The first-order chi connectivity index (χ1) is 8.26. The lowest BCUT2D eigenvalue weighted by atomic mass is 10.2. The number of aryl methyl sites for hydroxylation is 1. The van der Waals surface area contributed by atoms with E-state index < -0.39 is 0 Å². The van der Waals surface area contributed by atoms with Crippen molar-refractivity contribution >= 4 is 11.0 Å². The number of nitrogens with two attached hydrogens (primary N) is 1. The van der Waals surface area contributed by atoms with E-state index in [4.69, 9.17) is 5.73 Å². The number of aromatic nitrogens is 2. The summed E-state index contributed by atoms with van der Waals surface area (Å²) in [4.78, 5) is 4.37. The topological polar surface area (TPSA) is 43.8 Å². The minimum absolute atomic E-state index is 0.251. The Bertz CT molecular complexity index is 505. The van der Waals surface area contributed by atoms with Crippen molar-refractivity contribution in [2.24, 2.45) is 5.73 Å². The Morgan fingerprint density at radius 2 is 2.18 bits per heavy atom. The van der Waals surface area contributed by atoms with Crippen LogP contribution in [0.1, 0.15) is 32.0 Å². The van der Waals surface area contributed by atoms with Crippen LogP contribution in [0.2, 0.25) is 0 Å². The Balaban J connectivity index is 2.36. The number of halogens is 1. The van der Waals surface area contributed by atoms with Gasteiger partial charge in [0, 0.05) is 12.6 Å². The molecule has 2 rings (SSSR count). The predicted molar refractivity (Wildman–Crippen MR) is 67.1 cm³/mol. The van der Waals surface area contributed by atoms with Crippen molar-refractivity contribution in [2.75, 3.05) is 0 Å². The highest BCUT2D eigenvalue weighted by molar-refractivity contribution is 5.76. The Kier molecular flexibility index (Phi) is 3.74. The first-order valence-corrected chi connectivity index (χ1v) is 6.11. The molecule has 0 atom stereocenters. The van der Waals surface area contributed by atoms with Crippen molar-refractivity contribution in [2.45, 2.75) is 39.3 Å². The molecule has 0 unspecified atom stereocenters. The fraction of sp³-hybridized carbons (Fsp3) is 0.462. The molecule has 0 spiro atoms. The van der Waals surface area contributed by atoms with E-state index in [1.165, 1.54) is 25.0 Å². The number of fused-ring (bicyclic) bond motifs is 1. The first-order valence-electron chi connectivity index (χ1n) is 6.11. The molecule has 0 saturated carbocycles. The maximum atomic E-state index is 13.1. The normalized spacial score (nSPS) is 11.2. The van der Waals surface area contributed by atoms with Crippen LogP contribution < -0.4 is 5.73 Å². The summed E-state index contributed by atoms with van der Waals surface area (Å²) in [5, 5.41) is 0. The van der Waals surface area contributed by atoms with E-state index in [0.29, 0.717) is 12.1 Å². The van der Waals surface area contributed by atoms with Gasteiger partial charge in [0.25, 0.3) is 0 Å². The van der Waals surface area contributed by atoms with Crippen molar-refractivity contribution in [1.82, 2.24) is 9.55 Å². The van der Waals surface area contributed by atoms with Crippen molar-refractivity contribution in [3.05, 3.63) is 29.8 Å². The second-order valence-corrected chi connectivity index (χ2v) is 4.22. The zero-order valence-corrected chi connectivity index (χ0v) is 10.1. The van der Waals surface area contributed by atoms with Crippen LogP contribution in [0.3, 0.4) is 0 Å². The summed E-state index contributed by atoms with van der Waals surface area (Å²) in [5.74, 6) is 0.584. The molecular weight excluding hydrogens is 217 g/mol. The maximum absolute atomic E-state index is 13.1. The number of nitrogens with zero attached hydrogens (tertiary/aromatic N) is 2. The highest BCUT2D eigenvalue weighted by Gasteiger charge is 2.09. The van der Waals surface area contributed by atoms with E-state index in [0.717, 1.165) is 24.3 Å². The molecule has 92 valence electrons. The van der Waals surface area contributed by atoms with Gasteiger partial charge in [0.1, 0.15) is 11.6 Å². The van der Waals surface area contributed by atoms with Crippen molar-refractivity contribution < 1.29 is 4.39 Å². The Hall–Kier alpha value is -1.42. The minimum Gasteiger partial charge on any atom is -0.327 e. The van der Waals surface area contributed by atoms with Gasteiger partial charge >= 0.3 is 0 Å². The molecule has 1 aromatic heterocycles. The summed E-state index contributed by atoms with van der Waals surface area (Å²) in [5.41, 5.74) is 7.35. The van der Waals surface area contributed by atoms with Crippen LogP contribution in [0.4, 0.5) is 4.39 Å². The molecule has 0 aliphatic rings. The summed E-state index contributed by atoms with van der Waals surface area (Å²) < 4.78 is 15.2. The molecule has 1 aromatic carbocycles. The molecule has 3 nitrogen and oxygen atoms in total. The Labute approximate surface area is 100 Å². The lowest BCUT2D eigenvalue weighted by Crippen LogP contribution is -2.08. The standard InChI is InChI=1S/C13H18FN3/c1-2-3-4-7-17-12-6-5-10(14)8-11(12)16-13(17)9-15/h5-6,8H,2-4,7,9,15H2,1H3. The predicted octanol–water partition coefficient (Wildman–Crippen LogP) is 2.82. The molecular formula is C13H18FN3. The van der Waals surface area contributed by atoms with Crippen LogP contribution in [0, 0.1) is 5.82 Å². The summed E-state index contributed by atoms with van der Waals surface area (Å²) in [7, 11) is 0. The van der Waals surface area contributed by atoms with Crippen LogP contribution in [-0.4, -0.2) is 9.55 Å². The van der Waals surface area contributed by atoms with E-state index in [1.807, 2.05) is 0 Å². The Morgan fingerprint density at radius 1 is 1.35 bits per heavy atom. The van der Waals surface area contributed by atoms with Crippen molar-refractivity contribution in [1.29, 1.82) is 0 Å². The van der Waals surface area contributed by atoms with Gasteiger partial charge in [0.2, 0.25) is 0 Å². The summed E-state index contributed by atoms with van der Waals surface area (Å²) in [6.07, 6.45) is 3.47. The van der Waals surface area contributed by atoms with Gasteiger partial charge in [0.15, 0.2) is 0 Å². The van der Waals surface area contributed by atoms with E-state index in [1.54, 1.807) is 6.07 Å². The van der Waals surface area contributed by atoms with Gasteiger partial charge in [-0.05, 0) is 18.6 Å². The van der Waals surface area contributed by atoms with Gasteiger partial charge in [-0.2, -0.15) is 0 Å². The third-order valence-corrected chi connectivity index (χ3v) is 2.96. The smallest absolute Gasteiger partial charge is 0.125 e. The van der Waals surface area contributed by atoms with Crippen LogP contribution in [0.15, 0.2) is 18.2 Å². The lowest BCUT2D eigenvalue weighted by molar-refractivity contribution is 0.591. The Morgan fingerprint density at radius 3 is 2.88 bits per heavy atom. The molecule has 0 amide bonds. The van der Waals surface area contributed by atoms with Crippen LogP contribution >= 0.6 is 0 Å². The summed E-state index contributed by atoms with van der Waals surface area (Å²) in [6, 6.07) is 4.72. The van der Waals surface area contributed by atoms with Crippen LogP contribution in [0.5, 0.6) is 0 Å². The molecule has 0 bridgehead atoms.